The summed E-state index contributed by atoms with van der Waals surface area (Å²) in [5.74, 6) is 0.417. The number of aliphatic imine (C=N–C) groups is 2. The molecule has 2 aromatic heterocycles. The van der Waals surface area contributed by atoms with Crippen molar-refractivity contribution in [3.05, 3.63) is 129 Å². The molecule has 6 amide bonds. The molecule has 14 atom stereocenters. The number of aromatic amines is 2. The van der Waals surface area contributed by atoms with Crippen LogP contribution in [0.5, 0.6) is 11.5 Å². The van der Waals surface area contributed by atoms with Crippen molar-refractivity contribution in [3.8, 4) is 62.3 Å². The van der Waals surface area contributed by atoms with E-state index in [0.717, 1.165) is 143 Å². The Kier molecular flexibility index (Phi) is 27.9. The first-order valence-corrected chi connectivity index (χ1v) is 46.0. The molecular formula is C99H118BrN13O16. The van der Waals surface area contributed by atoms with Crippen LogP contribution in [-0.2, 0) is 83.2 Å². The zero-order valence-corrected chi connectivity index (χ0v) is 78.1. The minimum absolute atomic E-state index is 0.00615. The Hall–Kier alpha value is -11.6. The highest BCUT2D eigenvalue weighted by atomic mass is 79.9. The van der Waals surface area contributed by atoms with Crippen molar-refractivity contribution >= 4 is 108 Å². The molecule has 0 bridgehead atoms. The number of nitrogens with zero attached hydrogens (tertiary/aromatic N) is 9. The van der Waals surface area contributed by atoms with Crippen LogP contribution in [0.4, 0.5) is 21.0 Å². The number of methoxy groups -OCH3 is 6. The van der Waals surface area contributed by atoms with Crippen LogP contribution in [0.1, 0.15) is 185 Å². The van der Waals surface area contributed by atoms with E-state index < -0.39 is 42.1 Å². The first-order chi connectivity index (χ1) is 62.0. The molecule has 0 saturated carbocycles. The van der Waals surface area contributed by atoms with E-state index in [1.807, 2.05) is 82.2 Å². The predicted octanol–water partition coefficient (Wildman–Crippen LogP) is 16.5. The molecule has 6 aromatic carbocycles. The number of nitriles is 1. The molecule has 129 heavy (non-hydrogen) atoms. The van der Waals surface area contributed by atoms with Gasteiger partial charge < -0.3 is 78.1 Å². The van der Waals surface area contributed by atoms with Gasteiger partial charge in [-0.15, -0.1) is 0 Å². The molecule has 8 aliphatic rings. The van der Waals surface area contributed by atoms with Crippen LogP contribution >= 0.6 is 15.9 Å². The van der Waals surface area contributed by atoms with Crippen LogP contribution in [0.2, 0.25) is 0 Å². The van der Waals surface area contributed by atoms with E-state index >= 15 is 0 Å². The summed E-state index contributed by atoms with van der Waals surface area (Å²) in [5.41, 5.74) is 15.2. The van der Waals surface area contributed by atoms with Gasteiger partial charge in [-0.1, -0.05) is 105 Å². The average molecular weight is 1830 g/mol. The van der Waals surface area contributed by atoms with Gasteiger partial charge in [0.2, 0.25) is 23.6 Å². The van der Waals surface area contributed by atoms with Crippen molar-refractivity contribution in [2.75, 3.05) is 69.0 Å². The molecular weight excluding hydrogens is 1710 g/mol. The van der Waals surface area contributed by atoms with Gasteiger partial charge in [0.25, 0.3) is 0 Å². The normalized spacial score (nSPS) is 21.3. The number of esters is 2. The Morgan fingerprint density at radius 3 is 1.40 bits per heavy atom. The van der Waals surface area contributed by atoms with E-state index in [-0.39, 0.29) is 120 Å². The average Bonchev–Trinajstić information content (AvgIpc) is 1.72. The number of imidazole rings is 2. The molecule has 8 aromatic rings. The third-order valence-corrected chi connectivity index (χ3v) is 28.6. The van der Waals surface area contributed by atoms with E-state index in [1.165, 1.54) is 28.4 Å². The summed E-state index contributed by atoms with van der Waals surface area (Å²) in [6.45, 7) is 22.4. The number of amides is 6. The highest BCUT2D eigenvalue weighted by Gasteiger charge is 2.48. The lowest BCUT2D eigenvalue weighted by molar-refractivity contribution is -0.148. The van der Waals surface area contributed by atoms with Crippen molar-refractivity contribution in [2.45, 2.75) is 208 Å². The summed E-state index contributed by atoms with van der Waals surface area (Å²) in [6, 6.07) is 29.0. The Bertz CT molecular complexity index is 5790. The van der Waals surface area contributed by atoms with Gasteiger partial charge in [0.05, 0.1) is 108 Å². The summed E-state index contributed by atoms with van der Waals surface area (Å²) in [6.07, 6.45) is 6.02. The maximum atomic E-state index is 14.2. The quantitative estimate of drug-likeness (QED) is 0.0289. The lowest BCUT2D eigenvalue weighted by Gasteiger charge is -2.33. The summed E-state index contributed by atoms with van der Waals surface area (Å²) in [4.78, 5) is 140. The van der Waals surface area contributed by atoms with Crippen LogP contribution < -0.4 is 20.1 Å². The van der Waals surface area contributed by atoms with Gasteiger partial charge in [-0.3, -0.25) is 38.8 Å². The summed E-state index contributed by atoms with van der Waals surface area (Å²) < 4.78 is 44.3. The molecule has 29 nitrogen and oxygen atoms in total. The molecule has 0 unspecified atom stereocenters. The van der Waals surface area contributed by atoms with Gasteiger partial charge in [-0.2, -0.15) is 5.26 Å². The van der Waals surface area contributed by atoms with Crippen molar-refractivity contribution in [1.82, 2.24) is 50.2 Å². The van der Waals surface area contributed by atoms with E-state index in [2.05, 4.69) is 129 Å². The van der Waals surface area contributed by atoms with Gasteiger partial charge in [0.1, 0.15) is 64.8 Å². The lowest BCUT2D eigenvalue weighted by atomic mass is 9.89. The third-order valence-electron chi connectivity index (χ3n) is 28.0. The number of carbonyl (C=O) groups excluding carboxylic acids is 8. The number of likely N-dealkylation sites (tertiary alicyclic amines) is 4. The first-order valence-electron chi connectivity index (χ1n) is 45.2. The monoisotopic (exact) mass is 1820 g/mol. The second-order valence-corrected chi connectivity index (χ2v) is 37.4. The number of ether oxygens (including phenoxy) is 8. The topological polar surface area (TPSA) is 353 Å². The standard InChI is InChI=1S/C50H59N7O8.C49H59BrN6O8/c1-9-27(4)45(55-50(61)64-8)49(60)56-23-29(24-62-6)16-42(56)47-53-40(22-51)46(54-47)31-11-13-33-32(17-31)25-65-43-20-35-30(18-37(33)43)12-14-38-36(35)19-39(52-38)41-15-10-28(5)57(41)48(59)34(26(2)3)21-44(58)63-7;1-9-26(4)43(53-49(60)63-8)48(59)55-22-28(23-61-6)16-40(55)46-52-44(45(50)54-46)30-11-13-32-31(17-30)24-64-41-20-34-29(18-36(32)41)12-14-37-35(34)19-38(51-37)39-15-10-27(5)56(39)47(58)33(25(2)3)21-42(57)62-7/h11-14,17-18,20,26-29,34,41-42,45H,9-10,15-16,19,21,23-25H2,1-8H3,(H,53,54)(H,55,61);11-14,17-18,20,25-28,33,39-40,43H,9-10,15-16,19,21-24H2,1-8H3,(H,52,54)(H,53,60)/t27-,28-,29-,34-,41-,42-,45-;26-,27-,28-,33-,39-,40-,43-/m00/s1. The van der Waals surface area contributed by atoms with Gasteiger partial charge >= 0.3 is 24.1 Å². The molecule has 10 heterocycles. The third kappa shape index (κ3) is 18.3. The number of H-pyrrole nitrogens is 2. The molecule has 8 aliphatic heterocycles. The minimum atomic E-state index is -0.804. The summed E-state index contributed by atoms with van der Waals surface area (Å²) in [7, 11) is 8.59. The second kappa shape index (κ2) is 39.0. The fraction of sp³-hybridized carbons (Fsp3) is 0.505. The fourth-order valence-electron chi connectivity index (χ4n) is 20.5. The fourth-order valence-corrected chi connectivity index (χ4v) is 21.0. The van der Waals surface area contributed by atoms with Crippen LogP contribution in [0.25, 0.3) is 66.3 Å². The number of benzene rings is 6. The summed E-state index contributed by atoms with van der Waals surface area (Å²) in [5, 5.41) is 20.1. The maximum Gasteiger partial charge on any atom is 0.407 e. The Morgan fingerprint density at radius 1 is 0.535 bits per heavy atom. The number of hydrogen-bond donors (Lipinski definition) is 4. The molecule has 4 saturated heterocycles. The Morgan fingerprint density at radius 2 is 0.977 bits per heavy atom. The SMILES string of the molecule is CC[C@H](C)[C@H](NC(=O)OC)C(=O)N1C[C@@H](COC)C[C@H]1c1nc(-c2ccc3c(c2)COc2cc4c5c(ccc4cc2-3)N=C([C@@H]2CC[C@H](C)N2C(=O)[C@@H](CC(=O)OC)C(C)C)C5)c(Br)[nH]1.CC[C@H](C)[C@H](NC(=O)OC)C(=O)N1C[C@@H](COC)C[C@H]1c1nc(C#N)c(-c2ccc3c(c2)COc2cc4c5c(ccc4cc2-3)N=C([C@@H]2CC[C@H](C)N2C(=O)[C@@H](CC(=O)OC)C(C)C)C5)[nH]1. The van der Waals surface area contributed by atoms with Gasteiger partial charge in [-0.05, 0) is 195 Å². The van der Waals surface area contributed by atoms with Crippen LogP contribution in [0.3, 0.4) is 0 Å². The van der Waals surface area contributed by atoms with E-state index in [9.17, 15) is 43.6 Å². The number of rotatable bonds is 26. The van der Waals surface area contributed by atoms with E-state index in [1.54, 1.807) is 19.1 Å². The molecule has 682 valence electrons. The highest BCUT2D eigenvalue weighted by molar-refractivity contribution is 9.10. The molecule has 4 N–H and O–H groups in total. The molecule has 0 radical (unpaired) electrons. The zero-order chi connectivity index (χ0) is 91.8. The Labute approximate surface area is 761 Å². The van der Waals surface area contributed by atoms with Crippen molar-refractivity contribution in [3.63, 3.8) is 0 Å². The molecule has 30 heteroatoms. The Balaban J connectivity index is 0.000000198. The number of nitrogens with one attached hydrogen (secondary N) is 4. The predicted molar refractivity (Wildman–Crippen MR) is 492 cm³/mol. The summed E-state index contributed by atoms with van der Waals surface area (Å²) >= 11 is 3.75. The van der Waals surface area contributed by atoms with Gasteiger partial charge in [0, 0.05) is 97.7 Å². The number of carbonyl (C=O) groups is 8. The largest absolute Gasteiger partial charge is 0.488 e. The molecule has 4 fully saturated rings. The molecule has 0 spiro atoms. The van der Waals surface area contributed by atoms with Crippen molar-refractivity contribution < 1.29 is 76.3 Å². The van der Waals surface area contributed by atoms with Gasteiger partial charge in [-0.25, -0.2) is 19.6 Å². The number of halogens is 1. The van der Waals surface area contributed by atoms with Crippen LogP contribution in [-0.4, -0.2) is 204 Å². The highest BCUT2D eigenvalue weighted by Crippen LogP contribution is 2.50. The van der Waals surface area contributed by atoms with Crippen LogP contribution in [0.15, 0.2) is 99.5 Å². The number of alkyl carbamates (subject to hydrolysis) is 2. The number of aromatic nitrogens is 4. The molecule has 16 rings (SSSR count). The van der Waals surface area contributed by atoms with E-state index in [0.29, 0.717) is 100.0 Å². The van der Waals surface area contributed by atoms with Crippen LogP contribution in [0, 0.1) is 58.7 Å². The number of fused-ring (bicyclic) bond motifs is 12. The van der Waals surface area contributed by atoms with E-state index in [4.69, 9.17) is 57.8 Å². The molecule has 0 aliphatic carbocycles. The lowest BCUT2D eigenvalue weighted by Crippen LogP contribution is -2.51. The smallest absolute Gasteiger partial charge is 0.407 e. The van der Waals surface area contributed by atoms with Crippen molar-refractivity contribution in [2.24, 2.45) is 57.3 Å². The second-order valence-electron chi connectivity index (χ2n) is 36.7. The minimum Gasteiger partial charge on any atom is -0.488 e. The number of hydrogen-bond acceptors (Lipinski definition) is 21. The maximum absolute atomic E-state index is 14.2. The zero-order valence-electron chi connectivity index (χ0n) is 76.5. The van der Waals surface area contributed by atoms with Gasteiger partial charge in [0.15, 0.2) is 5.69 Å². The van der Waals surface area contributed by atoms with Crippen molar-refractivity contribution in [1.29, 1.82) is 5.26 Å². The first kappa shape index (κ1) is 92.2.